The van der Waals surface area contributed by atoms with Crippen molar-refractivity contribution in [2.75, 3.05) is 20.1 Å². The number of rotatable bonds is 3. The van der Waals surface area contributed by atoms with E-state index >= 15 is 0 Å². The normalized spacial score (nSPS) is 22.9. The van der Waals surface area contributed by atoms with E-state index in [0.29, 0.717) is 11.7 Å². The van der Waals surface area contributed by atoms with Crippen LogP contribution in [0.2, 0.25) is 0 Å². The van der Waals surface area contributed by atoms with Gasteiger partial charge in [0.25, 0.3) is 0 Å². The van der Waals surface area contributed by atoms with Gasteiger partial charge in [-0.2, -0.15) is 0 Å². The van der Waals surface area contributed by atoms with Crippen molar-refractivity contribution in [1.29, 1.82) is 0 Å². The summed E-state index contributed by atoms with van der Waals surface area (Å²) < 4.78 is 0. The lowest BCUT2D eigenvalue weighted by atomic mass is 9.92. The molecule has 2 rings (SSSR count). The molecule has 0 radical (unpaired) electrons. The maximum Gasteiger partial charge on any atom is 0.120 e. The van der Waals surface area contributed by atoms with Crippen molar-refractivity contribution in [3.05, 3.63) is 29.8 Å². The van der Waals surface area contributed by atoms with E-state index in [4.69, 9.17) is 0 Å². The van der Waals surface area contributed by atoms with E-state index in [1.165, 1.54) is 6.42 Å². The second kappa shape index (κ2) is 4.64. The quantitative estimate of drug-likeness (QED) is 0.697. The van der Waals surface area contributed by atoms with E-state index in [1.54, 1.807) is 6.07 Å². The van der Waals surface area contributed by atoms with Gasteiger partial charge in [-0.05, 0) is 38.5 Å². The Balaban J connectivity index is 2.22. The van der Waals surface area contributed by atoms with Crippen LogP contribution in [0.1, 0.15) is 18.0 Å². The molecule has 0 amide bonds. The SMILES string of the molecule is CNC(c1ccccc1O)C1CCNC1. The molecule has 3 heteroatoms. The first-order valence-corrected chi connectivity index (χ1v) is 5.49. The molecule has 82 valence electrons. The molecule has 2 atom stereocenters. The third-order valence-electron chi connectivity index (χ3n) is 3.15. The lowest BCUT2D eigenvalue weighted by Gasteiger charge is -2.23. The van der Waals surface area contributed by atoms with Gasteiger partial charge in [-0.1, -0.05) is 18.2 Å². The summed E-state index contributed by atoms with van der Waals surface area (Å²) in [5.41, 5.74) is 1.01. The Morgan fingerprint density at radius 2 is 2.27 bits per heavy atom. The minimum atomic E-state index is 0.251. The van der Waals surface area contributed by atoms with Gasteiger partial charge in [0.2, 0.25) is 0 Å². The fraction of sp³-hybridized carbons (Fsp3) is 0.500. The van der Waals surface area contributed by atoms with Crippen molar-refractivity contribution < 1.29 is 5.11 Å². The van der Waals surface area contributed by atoms with Gasteiger partial charge < -0.3 is 15.7 Å². The van der Waals surface area contributed by atoms with Crippen molar-refractivity contribution in [2.24, 2.45) is 5.92 Å². The Kier molecular flexibility index (Phi) is 3.23. The number of phenolic OH excluding ortho intramolecular Hbond substituents is 1. The van der Waals surface area contributed by atoms with Crippen molar-refractivity contribution in [2.45, 2.75) is 12.5 Å². The minimum absolute atomic E-state index is 0.251. The number of benzene rings is 1. The topological polar surface area (TPSA) is 44.3 Å². The number of hydrogen-bond acceptors (Lipinski definition) is 3. The molecule has 1 saturated heterocycles. The predicted octanol–water partition coefficient (Wildman–Crippen LogP) is 1.26. The predicted molar refractivity (Wildman–Crippen MR) is 60.9 cm³/mol. The van der Waals surface area contributed by atoms with Crippen LogP contribution in [0.25, 0.3) is 0 Å². The Morgan fingerprint density at radius 1 is 1.47 bits per heavy atom. The maximum atomic E-state index is 9.81. The van der Waals surface area contributed by atoms with Crippen LogP contribution in [0.3, 0.4) is 0 Å². The first-order chi connectivity index (χ1) is 7.33. The Labute approximate surface area is 90.5 Å². The van der Waals surface area contributed by atoms with Crippen LogP contribution < -0.4 is 10.6 Å². The van der Waals surface area contributed by atoms with E-state index in [9.17, 15) is 5.11 Å². The summed E-state index contributed by atoms with van der Waals surface area (Å²) in [6.07, 6.45) is 1.17. The molecule has 0 saturated carbocycles. The zero-order chi connectivity index (χ0) is 10.7. The molecule has 1 aromatic rings. The second-order valence-electron chi connectivity index (χ2n) is 4.08. The first kappa shape index (κ1) is 10.5. The highest BCUT2D eigenvalue weighted by Crippen LogP contribution is 2.31. The minimum Gasteiger partial charge on any atom is -0.508 e. The van der Waals surface area contributed by atoms with E-state index in [0.717, 1.165) is 18.7 Å². The first-order valence-electron chi connectivity index (χ1n) is 5.49. The number of aromatic hydroxyl groups is 1. The van der Waals surface area contributed by atoms with Crippen molar-refractivity contribution in [3.63, 3.8) is 0 Å². The monoisotopic (exact) mass is 206 g/mol. The largest absolute Gasteiger partial charge is 0.508 e. The number of nitrogens with one attached hydrogen (secondary N) is 2. The third-order valence-corrected chi connectivity index (χ3v) is 3.15. The van der Waals surface area contributed by atoms with Crippen LogP contribution in [-0.2, 0) is 0 Å². The Morgan fingerprint density at radius 3 is 2.87 bits per heavy atom. The zero-order valence-electron chi connectivity index (χ0n) is 9.03. The summed E-state index contributed by atoms with van der Waals surface area (Å²) in [5.74, 6) is 0.965. The molecule has 0 bridgehead atoms. The molecule has 3 nitrogen and oxygen atoms in total. The van der Waals surface area contributed by atoms with Crippen LogP contribution in [0.15, 0.2) is 24.3 Å². The van der Waals surface area contributed by atoms with E-state index in [2.05, 4.69) is 10.6 Å². The van der Waals surface area contributed by atoms with Gasteiger partial charge in [-0.25, -0.2) is 0 Å². The number of para-hydroxylation sites is 1. The summed E-state index contributed by atoms with van der Waals surface area (Å²) in [7, 11) is 1.95. The molecule has 15 heavy (non-hydrogen) atoms. The molecule has 1 heterocycles. The van der Waals surface area contributed by atoms with E-state index < -0.39 is 0 Å². The molecule has 2 unspecified atom stereocenters. The highest BCUT2D eigenvalue weighted by molar-refractivity contribution is 5.35. The van der Waals surface area contributed by atoms with Gasteiger partial charge in [0, 0.05) is 11.6 Å². The van der Waals surface area contributed by atoms with Gasteiger partial charge in [0.05, 0.1) is 0 Å². The molecule has 1 fully saturated rings. The van der Waals surface area contributed by atoms with Crippen LogP contribution in [0.4, 0.5) is 0 Å². The Bertz CT molecular complexity index is 321. The van der Waals surface area contributed by atoms with E-state index in [1.807, 2.05) is 25.2 Å². The zero-order valence-corrected chi connectivity index (χ0v) is 9.03. The van der Waals surface area contributed by atoms with Crippen LogP contribution in [-0.4, -0.2) is 25.2 Å². The number of phenols is 1. The molecule has 0 aliphatic carbocycles. The average Bonchev–Trinajstić information content (AvgIpc) is 2.75. The smallest absolute Gasteiger partial charge is 0.120 e. The summed E-state index contributed by atoms with van der Waals surface area (Å²) in [6, 6.07) is 7.83. The molecule has 1 aliphatic rings. The number of hydrogen-bond donors (Lipinski definition) is 3. The lowest BCUT2D eigenvalue weighted by molar-refractivity contribution is 0.387. The molecule has 0 aromatic heterocycles. The van der Waals surface area contributed by atoms with Crippen molar-refractivity contribution in [1.82, 2.24) is 10.6 Å². The summed E-state index contributed by atoms with van der Waals surface area (Å²) in [4.78, 5) is 0. The summed E-state index contributed by atoms with van der Waals surface area (Å²) >= 11 is 0. The fourth-order valence-corrected chi connectivity index (χ4v) is 2.36. The van der Waals surface area contributed by atoms with Crippen LogP contribution >= 0.6 is 0 Å². The van der Waals surface area contributed by atoms with Gasteiger partial charge in [-0.15, -0.1) is 0 Å². The standard InChI is InChI=1S/C12H18N2O/c1-13-12(9-6-7-14-8-9)10-4-2-3-5-11(10)15/h2-5,9,12-15H,6-8H2,1H3. The maximum absolute atomic E-state index is 9.81. The molecule has 1 aromatic carbocycles. The Hall–Kier alpha value is -1.06. The van der Waals surface area contributed by atoms with Crippen LogP contribution in [0, 0.1) is 5.92 Å². The fourth-order valence-electron chi connectivity index (χ4n) is 2.36. The average molecular weight is 206 g/mol. The highest BCUT2D eigenvalue weighted by Gasteiger charge is 2.26. The third kappa shape index (κ3) is 2.13. The molecular weight excluding hydrogens is 188 g/mol. The molecule has 3 N–H and O–H groups in total. The lowest BCUT2D eigenvalue weighted by Crippen LogP contribution is -2.26. The molecular formula is C12H18N2O. The van der Waals surface area contributed by atoms with Gasteiger partial charge in [0.15, 0.2) is 0 Å². The summed E-state index contributed by atoms with van der Waals surface area (Å²) in [5, 5.41) is 16.5. The highest BCUT2D eigenvalue weighted by atomic mass is 16.3. The van der Waals surface area contributed by atoms with Gasteiger partial charge in [-0.3, -0.25) is 0 Å². The van der Waals surface area contributed by atoms with Gasteiger partial charge in [0.1, 0.15) is 5.75 Å². The second-order valence-corrected chi connectivity index (χ2v) is 4.08. The van der Waals surface area contributed by atoms with E-state index in [-0.39, 0.29) is 6.04 Å². The van der Waals surface area contributed by atoms with Crippen molar-refractivity contribution in [3.8, 4) is 5.75 Å². The van der Waals surface area contributed by atoms with Crippen molar-refractivity contribution >= 4 is 0 Å². The summed E-state index contributed by atoms with van der Waals surface area (Å²) in [6.45, 7) is 2.11. The van der Waals surface area contributed by atoms with Crippen LogP contribution in [0.5, 0.6) is 5.75 Å². The molecule has 1 aliphatic heterocycles. The molecule has 0 spiro atoms. The van der Waals surface area contributed by atoms with Gasteiger partial charge >= 0.3 is 0 Å².